The molecule has 1 N–H and O–H groups in total. The van der Waals surface area contributed by atoms with Gasteiger partial charge in [-0.05, 0) is 30.3 Å². The van der Waals surface area contributed by atoms with E-state index in [1.54, 1.807) is 18.2 Å². The van der Waals surface area contributed by atoms with Crippen LogP contribution in [0.25, 0.3) is 0 Å². The number of anilines is 1. The average molecular weight is 320 g/mol. The lowest BCUT2D eigenvalue weighted by molar-refractivity contribution is 0.102. The third-order valence-electron chi connectivity index (χ3n) is 2.35. The van der Waals surface area contributed by atoms with Crippen molar-refractivity contribution in [2.24, 2.45) is 0 Å². The van der Waals surface area contributed by atoms with Gasteiger partial charge in [0.1, 0.15) is 6.07 Å². The van der Waals surface area contributed by atoms with E-state index in [-0.39, 0.29) is 5.56 Å². The molecule has 0 radical (unpaired) electrons. The number of hydrogen-bond donors (Lipinski definition) is 1. The van der Waals surface area contributed by atoms with Gasteiger partial charge in [-0.3, -0.25) is 4.79 Å². The monoisotopic (exact) mass is 319 g/mol. The van der Waals surface area contributed by atoms with Crippen molar-refractivity contribution < 1.29 is 9.18 Å². The quantitative estimate of drug-likeness (QED) is 0.865. The lowest BCUT2D eigenvalue weighted by Crippen LogP contribution is -2.15. The second-order valence-corrected chi connectivity index (χ2v) is 4.51. The van der Waals surface area contributed by atoms with E-state index in [0.29, 0.717) is 15.7 Å². The van der Waals surface area contributed by atoms with Crippen LogP contribution in [-0.2, 0) is 0 Å². The summed E-state index contributed by atoms with van der Waals surface area (Å²) in [5, 5.41) is 11.4. The van der Waals surface area contributed by atoms with Crippen LogP contribution in [0.2, 0.25) is 0 Å². The van der Waals surface area contributed by atoms with Gasteiger partial charge in [0, 0.05) is 10.7 Å². The van der Waals surface area contributed by atoms with Crippen molar-refractivity contribution in [1.82, 2.24) is 4.98 Å². The van der Waals surface area contributed by atoms with Gasteiger partial charge in [0.2, 0.25) is 5.95 Å². The maximum Gasteiger partial charge on any atom is 0.260 e. The van der Waals surface area contributed by atoms with E-state index in [9.17, 15) is 9.18 Å². The molecule has 0 atom stereocenters. The number of nitrogens with one attached hydrogen (secondary N) is 1. The molecule has 0 fully saturated rings. The standard InChI is InChI=1S/C13H7BrFN3O/c14-9-4-3-8(7-16)11(6-9)18-13(19)10-2-1-5-17-12(10)15/h1-6H,(H,18,19). The molecule has 0 spiro atoms. The van der Waals surface area contributed by atoms with Crippen LogP contribution >= 0.6 is 15.9 Å². The first kappa shape index (κ1) is 13.2. The van der Waals surface area contributed by atoms with Crippen molar-refractivity contribution >= 4 is 27.5 Å². The molecule has 1 heterocycles. The Morgan fingerprint density at radius 3 is 2.89 bits per heavy atom. The third kappa shape index (κ3) is 2.95. The first-order chi connectivity index (χ1) is 9.11. The molecule has 4 nitrogen and oxygen atoms in total. The SMILES string of the molecule is N#Cc1ccc(Br)cc1NC(=O)c1cccnc1F. The summed E-state index contributed by atoms with van der Waals surface area (Å²) in [6.07, 6.45) is 1.26. The fraction of sp³-hybridized carbons (Fsp3) is 0. The number of halogens is 2. The molecule has 0 aliphatic rings. The largest absolute Gasteiger partial charge is 0.321 e. The van der Waals surface area contributed by atoms with Crippen molar-refractivity contribution in [1.29, 1.82) is 5.26 Å². The topological polar surface area (TPSA) is 65.8 Å². The summed E-state index contributed by atoms with van der Waals surface area (Å²) in [7, 11) is 0. The van der Waals surface area contributed by atoms with Crippen molar-refractivity contribution in [2.75, 3.05) is 5.32 Å². The zero-order valence-corrected chi connectivity index (χ0v) is 11.1. The molecule has 0 bridgehead atoms. The molecule has 0 unspecified atom stereocenters. The summed E-state index contributed by atoms with van der Waals surface area (Å²) in [5.41, 5.74) is 0.428. The molecule has 0 saturated carbocycles. The Balaban J connectivity index is 2.32. The number of carbonyl (C=O) groups is 1. The summed E-state index contributed by atoms with van der Waals surface area (Å²) in [6, 6.07) is 9.54. The second-order valence-electron chi connectivity index (χ2n) is 3.60. The first-order valence-electron chi connectivity index (χ1n) is 5.23. The molecule has 0 saturated heterocycles. The maximum atomic E-state index is 13.4. The molecule has 94 valence electrons. The predicted molar refractivity (Wildman–Crippen MR) is 71.0 cm³/mol. The third-order valence-corrected chi connectivity index (χ3v) is 2.85. The van der Waals surface area contributed by atoms with Crippen LogP contribution in [-0.4, -0.2) is 10.9 Å². The van der Waals surface area contributed by atoms with E-state index < -0.39 is 11.9 Å². The molecule has 0 aliphatic heterocycles. The second kappa shape index (κ2) is 5.59. The Bertz CT molecular complexity index is 682. The number of carbonyl (C=O) groups excluding carboxylic acids is 1. The van der Waals surface area contributed by atoms with Gasteiger partial charge in [-0.25, -0.2) is 4.98 Å². The fourth-order valence-electron chi connectivity index (χ4n) is 1.46. The molecule has 1 aromatic carbocycles. The highest BCUT2D eigenvalue weighted by atomic mass is 79.9. The van der Waals surface area contributed by atoms with Crippen LogP contribution in [0.15, 0.2) is 41.0 Å². The molecule has 6 heteroatoms. The van der Waals surface area contributed by atoms with Crippen LogP contribution in [0, 0.1) is 17.3 Å². The predicted octanol–water partition coefficient (Wildman–Crippen LogP) is 3.11. The molecule has 2 aromatic rings. The first-order valence-corrected chi connectivity index (χ1v) is 6.02. The van der Waals surface area contributed by atoms with E-state index in [1.807, 2.05) is 6.07 Å². The minimum absolute atomic E-state index is 0.175. The van der Waals surface area contributed by atoms with Gasteiger partial charge in [0.05, 0.1) is 16.8 Å². The van der Waals surface area contributed by atoms with E-state index in [1.165, 1.54) is 18.3 Å². The van der Waals surface area contributed by atoms with Gasteiger partial charge < -0.3 is 5.32 Å². The Kier molecular flexibility index (Phi) is 3.88. The highest BCUT2D eigenvalue weighted by Gasteiger charge is 2.14. The van der Waals surface area contributed by atoms with E-state index >= 15 is 0 Å². The normalized spacial score (nSPS) is 9.74. The zero-order chi connectivity index (χ0) is 13.8. The molecule has 0 aliphatic carbocycles. The van der Waals surface area contributed by atoms with Crippen LogP contribution in [0.4, 0.5) is 10.1 Å². The van der Waals surface area contributed by atoms with Crippen molar-refractivity contribution in [3.63, 3.8) is 0 Å². The van der Waals surface area contributed by atoms with Gasteiger partial charge in [-0.15, -0.1) is 0 Å². The number of amides is 1. The molecule has 1 aromatic heterocycles. The smallest absolute Gasteiger partial charge is 0.260 e. The lowest BCUT2D eigenvalue weighted by atomic mass is 10.2. The van der Waals surface area contributed by atoms with Crippen LogP contribution in [0.3, 0.4) is 0 Å². The van der Waals surface area contributed by atoms with Crippen molar-refractivity contribution in [3.8, 4) is 6.07 Å². The number of nitriles is 1. The van der Waals surface area contributed by atoms with E-state index in [0.717, 1.165) is 0 Å². The number of benzene rings is 1. The molecule has 1 amide bonds. The summed E-state index contributed by atoms with van der Waals surface area (Å²) >= 11 is 3.24. The van der Waals surface area contributed by atoms with Gasteiger partial charge in [-0.1, -0.05) is 15.9 Å². The minimum atomic E-state index is -0.853. The van der Waals surface area contributed by atoms with E-state index in [4.69, 9.17) is 5.26 Å². The van der Waals surface area contributed by atoms with E-state index in [2.05, 4.69) is 26.2 Å². The summed E-state index contributed by atoms with van der Waals surface area (Å²) in [5.74, 6) is -1.51. The molecule has 19 heavy (non-hydrogen) atoms. The van der Waals surface area contributed by atoms with Crippen LogP contribution < -0.4 is 5.32 Å². The number of nitrogens with zero attached hydrogens (tertiary/aromatic N) is 2. The summed E-state index contributed by atoms with van der Waals surface area (Å²) in [4.78, 5) is 15.3. The number of pyridine rings is 1. The molecule has 2 rings (SSSR count). The summed E-state index contributed by atoms with van der Waals surface area (Å²) in [6.45, 7) is 0. The fourth-order valence-corrected chi connectivity index (χ4v) is 1.82. The molecular formula is C13H7BrFN3O. The Morgan fingerprint density at radius 1 is 1.42 bits per heavy atom. The minimum Gasteiger partial charge on any atom is -0.321 e. The van der Waals surface area contributed by atoms with Crippen LogP contribution in [0.1, 0.15) is 15.9 Å². The Morgan fingerprint density at radius 2 is 2.21 bits per heavy atom. The maximum absolute atomic E-state index is 13.4. The number of rotatable bonds is 2. The van der Waals surface area contributed by atoms with Crippen molar-refractivity contribution in [3.05, 3.63) is 58.1 Å². The van der Waals surface area contributed by atoms with Crippen LogP contribution in [0.5, 0.6) is 0 Å². The highest BCUT2D eigenvalue weighted by Crippen LogP contribution is 2.21. The Labute approximate surface area is 117 Å². The van der Waals surface area contributed by atoms with Crippen molar-refractivity contribution in [2.45, 2.75) is 0 Å². The van der Waals surface area contributed by atoms with Gasteiger partial charge >= 0.3 is 0 Å². The summed E-state index contributed by atoms with van der Waals surface area (Å²) < 4.78 is 14.1. The van der Waals surface area contributed by atoms with Gasteiger partial charge in [-0.2, -0.15) is 9.65 Å². The number of aromatic nitrogens is 1. The Hall–Kier alpha value is -2.26. The molecular weight excluding hydrogens is 313 g/mol. The average Bonchev–Trinajstić information content (AvgIpc) is 2.39. The lowest BCUT2D eigenvalue weighted by Gasteiger charge is -2.07. The highest BCUT2D eigenvalue weighted by molar-refractivity contribution is 9.10. The zero-order valence-electron chi connectivity index (χ0n) is 9.52. The number of hydrogen-bond acceptors (Lipinski definition) is 3. The van der Waals surface area contributed by atoms with Gasteiger partial charge in [0.25, 0.3) is 5.91 Å². The van der Waals surface area contributed by atoms with Gasteiger partial charge in [0.15, 0.2) is 0 Å².